The van der Waals surface area contributed by atoms with E-state index in [0.717, 1.165) is 18.4 Å². The SMILES string of the molecule is Cc1nn(CC(=O)NCC2CCN(c3ccccc3F)C2)c(=O)c2ccccc12. The lowest BCUT2D eigenvalue weighted by molar-refractivity contribution is -0.122. The third kappa shape index (κ3) is 3.99. The van der Waals surface area contributed by atoms with Gasteiger partial charge >= 0.3 is 0 Å². The van der Waals surface area contributed by atoms with Crippen LogP contribution in [0.25, 0.3) is 10.8 Å². The molecule has 1 aromatic heterocycles. The quantitative estimate of drug-likeness (QED) is 0.722. The van der Waals surface area contributed by atoms with Crippen molar-refractivity contribution < 1.29 is 9.18 Å². The van der Waals surface area contributed by atoms with Gasteiger partial charge in [0.2, 0.25) is 5.91 Å². The van der Waals surface area contributed by atoms with Crippen molar-refractivity contribution in [2.45, 2.75) is 19.9 Å². The number of benzene rings is 2. The molecule has 1 unspecified atom stereocenters. The number of hydrogen-bond donors (Lipinski definition) is 1. The largest absolute Gasteiger partial charge is 0.369 e. The number of nitrogens with one attached hydrogen (secondary N) is 1. The Morgan fingerprint density at radius 3 is 2.69 bits per heavy atom. The minimum absolute atomic E-state index is 0.117. The second-order valence-electron chi connectivity index (χ2n) is 7.45. The van der Waals surface area contributed by atoms with Crippen molar-refractivity contribution in [3.63, 3.8) is 0 Å². The molecule has 2 aromatic carbocycles. The standard InChI is InChI=1S/C22H23FN4O2/c1-15-17-6-2-3-7-18(17)22(29)27(25-15)14-21(28)24-12-16-10-11-26(13-16)20-9-5-4-8-19(20)23/h2-9,16H,10-14H2,1H3,(H,24,28). The maximum Gasteiger partial charge on any atom is 0.275 e. The number of halogens is 1. The highest BCUT2D eigenvalue weighted by atomic mass is 19.1. The Balaban J connectivity index is 1.37. The van der Waals surface area contributed by atoms with Gasteiger partial charge in [0.1, 0.15) is 12.4 Å². The minimum Gasteiger partial charge on any atom is -0.369 e. The smallest absolute Gasteiger partial charge is 0.275 e. The molecule has 6 nitrogen and oxygen atoms in total. The number of anilines is 1. The summed E-state index contributed by atoms with van der Waals surface area (Å²) >= 11 is 0. The first kappa shape index (κ1) is 19.1. The van der Waals surface area contributed by atoms with Crippen LogP contribution in [0.5, 0.6) is 0 Å². The van der Waals surface area contributed by atoms with Crippen LogP contribution in [0, 0.1) is 18.7 Å². The number of carbonyl (C=O) groups excluding carboxylic acids is 1. The molecule has 1 aliphatic heterocycles. The molecule has 0 spiro atoms. The fourth-order valence-corrected chi connectivity index (χ4v) is 3.89. The molecule has 0 bridgehead atoms. The topological polar surface area (TPSA) is 67.2 Å². The molecule has 1 atom stereocenters. The summed E-state index contributed by atoms with van der Waals surface area (Å²) in [4.78, 5) is 27.0. The van der Waals surface area contributed by atoms with Gasteiger partial charge in [-0.05, 0) is 37.5 Å². The summed E-state index contributed by atoms with van der Waals surface area (Å²) in [7, 11) is 0. The maximum atomic E-state index is 14.0. The van der Waals surface area contributed by atoms with E-state index in [1.54, 1.807) is 24.3 Å². The number of hydrogen-bond acceptors (Lipinski definition) is 4. The highest BCUT2D eigenvalue weighted by Gasteiger charge is 2.24. The molecule has 1 amide bonds. The van der Waals surface area contributed by atoms with Gasteiger partial charge in [0.05, 0.1) is 16.8 Å². The van der Waals surface area contributed by atoms with Crippen molar-refractivity contribution >= 4 is 22.4 Å². The highest BCUT2D eigenvalue weighted by Crippen LogP contribution is 2.25. The van der Waals surface area contributed by atoms with Gasteiger partial charge in [-0.2, -0.15) is 5.10 Å². The fraction of sp³-hybridized carbons (Fsp3) is 0.318. The van der Waals surface area contributed by atoms with E-state index >= 15 is 0 Å². The molecule has 1 fully saturated rings. The van der Waals surface area contributed by atoms with Crippen molar-refractivity contribution in [3.8, 4) is 0 Å². The molecule has 150 valence electrons. The monoisotopic (exact) mass is 394 g/mol. The predicted molar refractivity (Wildman–Crippen MR) is 110 cm³/mol. The molecule has 29 heavy (non-hydrogen) atoms. The Morgan fingerprint density at radius 2 is 1.90 bits per heavy atom. The molecular formula is C22H23FN4O2. The molecule has 3 aromatic rings. The average molecular weight is 394 g/mol. The summed E-state index contributed by atoms with van der Waals surface area (Å²) < 4.78 is 15.2. The number of aryl methyl sites for hydroxylation is 1. The van der Waals surface area contributed by atoms with Gasteiger partial charge in [-0.3, -0.25) is 9.59 Å². The summed E-state index contributed by atoms with van der Waals surface area (Å²) in [5.41, 5.74) is 1.04. The first-order valence-electron chi connectivity index (χ1n) is 9.75. The zero-order valence-electron chi connectivity index (χ0n) is 16.3. The van der Waals surface area contributed by atoms with E-state index in [1.165, 1.54) is 10.7 Å². The summed E-state index contributed by atoms with van der Waals surface area (Å²) in [6, 6.07) is 14.0. The van der Waals surface area contributed by atoms with Crippen molar-refractivity contribution in [2.75, 3.05) is 24.5 Å². The molecule has 1 N–H and O–H groups in total. The number of aromatic nitrogens is 2. The van der Waals surface area contributed by atoms with Crippen LogP contribution in [0.1, 0.15) is 12.1 Å². The van der Waals surface area contributed by atoms with Gasteiger partial charge < -0.3 is 10.2 Å². The van der Waals surface area contributed by atoms with Crippen LogP contribution in [0.15, 0.2) is 53.3 Å². The van der Waals surface area contributed by atoms with Crippen LogP contribution in [0.3, 0.4) is 0 Å². The fourth-order valence-electron chi connectivity index (χ4n) is 3.89. The molecule has 0 aliphatic carbocycles. The number of amides is 1. The predicted octanol–water partition coefficient (Wildman–Crippen LogP) is 2.49. The van der Waals surface area contributed by atoms with Gasteiger partial charge in [-0.1, -0.05) is 30.3 Å². The molecule has 1 aliphatic rings. The number of nitrogens with zero attached hydrogens (tertiary/aromatic N) is 3. The van der Waals surface area contributed by atoms with Gasteiger partial charge in [-0.25, -0.2) is 9.07 Å². The Labute approximate surface area is 167 Å². The number of rotatable bonds is 5. The van der Waals surface area contributed by atoms with E-state index in [1.807, 2.05) is 30.0 Å². The van der Waals surface area contributed by atoms with Crippen LogP contribution < -0.4 is 15.8 Å². The average Bonchev–Trinajstić information content (AvgIpc) is 3.19. The summed E-state index contributed by atoms with van der Waals surface area (Å²) in [5.74, 6) is -0.241. The zero-order chi connectivity index (χ0) is 20.4. The Bertz CT molecular complexity index is 1110. The Hall–Kier alpha value is -3.22. The van der Waals surface area contributed by atoms with Gasteiger partial charge in [0.25, 0.3) is 5.56 Å². The molecule has 4 rings (SSSR count). The molecule has 1 saturated heterocycles. The first-order chi connectivity index (χ1) is 14.0. The molecule has 0 saturated carbocycles. The van der Waals surface area contributed by atoms with Crippen molar-refractivity contribution in [1.82, 2.24) is 15.1 Å². The van der Waals surface area contributed by atoms with E-state index in [9.17, 15) is 14.0 Å². The van der Waals surface area contributed by atoms with Gasteiger partial charge in [0.15, 0.2) is 0 Å². The van der Waals surface area contributed by atoms with Gasteiger partial charge in [-0.15, -0.1) is 0 Å². The normalized spacial score (nSPS) is 16.3. The summed E-state index contributed by atoms with van der Waals surface area (Å²) in [6.45, 7) is 3.65. The van der Waals surface area contributed by atoms with Crippen LogP contribution in [0.2, 0.25) is 0 Å². The maximum absolute atomic E-state index is 14.0. The lowest BCUT2D eigenvalue weighted by Gasteiger charge is -2.19. The van der Waals surface area contributed by atoms with Crippen LogP contribution >= 0.6 is 0 Å². The molecule has 7 heteroatoms. The Kier molecular flexibility index (Phi) is 5.29. The number of para-hydroxylation sites is 1. The highest BCUT2D eigenvalue weighted by molar-refractivity contribution is 5.83. The third-order valence-corrected chi connectivity index (χ3v) is 5.41. The molecule has 2 heterocycles. The Morgan fingerprint density at radius 1 is 1.17 bits per heavy atom. The number of fused-ring (bicyclic) bond motifs is 1. The first-order valence-corrected chi connectivity index (χ1v) is 9.75. The lowest BCUT2D eigenvalue weighted by Crippen LogP contribution is -2.37. The molecular weight excluding hydrogens is 371 g/mol. The summed E-state index contributed by atoms with van der Waals surface area (Å²) in [6.07, 6.45) is 0.877. The minimum atomic E-state index is -0.270. The van der Waals surface area contributed by atoms with E-state index in [4.69, 9.17) is 0 Å². The van der Waals surface area contributed by atoms with E-state index in [2.05, 4.69) is 10.4 Å². The lowest BCUT2D eigenvalue weighted by atomic mass is 10.1. The zero-order valence-corrected chi connectivity index (χ0v) is 16.3. The van der Waals surface area contributed by atoms with Crippen molar-refractivity contribution in [1.29, 1.82) is 0 Å². The van der Waals surface area contributed by atoms with E-state index < -0.39 is 0 Å². The molecule has 0 radical (unpaired) electrons. The second-order valence-corrected chi connectivity index (χ2v) is 7.45. The van der Waals surface area contributed by atoms with E-state index in [-0.39, 0.29) is 29.7 Å². The van der Waals surface area contributed by atoms with Crippen LogP contribution in [0.4, 0.5) is 10.1 Å². The van der Waals surface area contributed by atoms with Crippen molar-refractivity contribution in [2.24, 2.45) is 5.92 Å². The van der Waals surface area contributed by atoms with Gasteiger partial charge in [0, 0.05) is 25.0 Å². The van der Waals surface area contributed by atoms with Crippen molar-refractivity contribution in [3.05, 3.63) is 70.4 Å². The van der Waals surface area contributed by atoms with Crippen LogP contribution in [-0.4, -0.2) is 35.3 Å². The number of carbonyl (C=O) groups is 1. The van der Waals surface area contributed by atoms with Crippen LogP contribution in [-0.2, 0) is 11.3 Å². The summed E-state index contributed by atoms with van der Waals surface area (Å²) in [5, 5.41) is 8.53. The second kappa shape index (κ2) is 8.03. The third-order valence-electron chi connectivity index (χ3n) is 5.41. The van der Waals surface area contributed by atoms with E-state index in [0.29, 0.717) is 29.9 Å².